The largest absolute Gasteiger partial charge is 0.507 e. The molecule has 1 aromatic rings. The van der Waals surface area contributed by atoms with Gasteiger partial charge in [-0.15, -0.1) is 0 Å². The van der Waals surface area contributed by atoms with E-state index in [1.807, 2.05) is 0 Å². The Morgan fingerprint density at radius 2 is 1.52 bits per heavy atom. The Balaban J connectivity index is 2.16. The van der Waals surface area contributed by atoms with Crippen molar-refractivity contribution in [2.75, 3.05) is 26.2 Å². The van der Waals surface area contributed by atoms with Crippen LogP contribution in [0, 0.1) is 0 Å². The molecule has 0 bridgehead atoms. The summed E-state index contributed by atoms with van der Waals surface area (Å²) < 4.78 is 14.3. The highest BCUT2D eigenvalue weighted by Gasteiger charge is 2.39. The number of phenolic OH excluding ortho intramolecular Hbond substituents is 2. The molecule has 6 nitrogen and oxygen atoms in total. The fraction of sp³-hybridized carbons (Fsp3) is 0.286. The summed E-state index contributed by atoms with van der Waals surface area (Å²) in [6.07, 6.45) is 0. The number of nitrogens with one attached hydrogen (secondary N) is 1. The molecule has 21 heavy (non-hydrogen) atoms. The first-order chi connectivity index (χ1) is 10.0. The minimum absolute atomic E-state index is 0.338. The second-order valence-corrected chi connectivity index (χ2v) is 4.91. The number of aromatic hydroxyl groups is 2. The van der Waals surface area contributed by atoms with E-state index in [0.717, 1.165) is 12.1 Å². The van der Waals surface area contributed by atoms with E-state index in [0.29, 0.717) is 26.2 Å². The number of hydrogen-bond acceptors (Lipinski definition) is 6. The summed E-state index contributed by atoms with van der Waals surface area (Å²) in [6.45, 7) is 1.90. The van der Waals surface area contributed by atoms with E-state index in [2.05, 4.69) is 5.32 Å². The van der Waals surface area contributed by atoms with Crippen molar-refractivity contribution in [1.29, 1.82) is 0 Å². The number of nitrogens with zero attached hydrogens (tertiary/aromatic N) is 1. The molecule has 110 valence electrons. The van der Waals surface area contributed by atoms with Crippen molar-refractivity contribution in [3.63, 3.8) is 0 Å². The van der Waals surface area contributed by atoms with Crippen LogP contribution in [-0.4, -0.2) is 52.9 Å². The summed E-state index contributed by atoms with van der Waals surface area (Å²) >= 11 is 0. The third-order valence-electron chi connectivity index (χ3n) is 3.67. The molecule has 3 rings (SSSR count). The summed E-state index contributed by atoms with van der Waals surface area (Å²) in [5.74, 6) is -4.00. The van der Waals surface area contributed by atoms with Crippen molar-refractivity contribution in [2.24, 2.45) is 0 Å². The number of allylic oxidation sites excluding steroid dienone is 2. The average molecular weight is 292 g/mol. The Kier molecular flexibility index (Phi) is 3.13. The standard InChI is InChI=1S/C14H13FN2O4/c15-11-12(17-5-3-16-4-6-17)14(21)10-8(19)2-1-7(18)9(10)13(11)20/h1-2,16,18-19H,3-6H2. The molecule has 1 aromatic carbocycles. The molecule has 0 unspecified atom stereocenters. The van der Waals surface area contributed by atoms with E-state index >= 15 is 0 Å². The van der Waals surface area contributed by atoms with Crippen LogP contribution in [0.25, 0.3) is 0 Å². The highest BCUT2D eigenvalue weighted by molar-refractivity contribution is 6.27. The zero-order valence-electron chi connectivity index (χ0n) is 11.0. The Labute approximate surface area is 119 Å². The van der Waals surface area contributed by atoms with Crippen LogP contribution in [0.1, 0.15) is 20.7 Å². The molecule has 7 heteroatoms. The maximum absolute atomic E-state index is 14.3. The van der Waals surface area contributed by atoms with E-state index in [1.54, 1.807) is 0 Å². The summed E-state index contributed by atoms with van der Waals surface area (Å²) in [7, 11) is 0. The van der Waals surface area contributed by atoms with Crippen LogP contribution in [0.3, 0.4) is 0 Å². The van der Waals surface area contributed by atoms with Gasteiger partial charge in [0.05, 0.1) is 11.1 Å². The highest BCUT2D eigenvalue weighted by Crippen LogP contribution is 2.38. The van der Waals surface area contributed by atoms with Crippen molar-refractivity contribution in [3.05, 3.63) is 34.8 Å². The topological polar surface area (TPSA) is 89.9 Å². The predicted octanol–water partition coefficient (Wildman–Crippen LogP) is 0.563. The molecule has 3 N–H and O–H groups in total. The third-order valence-corrected chi connectivity index (χ3v) is 3.67. The van der Waals surface area contributed by atoms with Crippen molar-refractivity contribution < 1.29 is 24.2 Å². The van der Waals surface area contributed by atoms with E-state index in [9.17, 15) is 24.2 Å². The van der Waals surface area contributed by atoms with Gasteiger partial charge in [0.2, 0.25) is 11.6 Å². The molecule has 1 aliphatic carbocycles. The number of benzene rings is 1. The number of carbonyl (C=O) groups is 2. The van der Waals surface area contributed by atoms with E-state index in [-0.39, 0.29) is 11.3 Å². The Bertz CT molecular complexity index is 678. The third kappa shape index (κ3) is 1.97. The maximum atomic E-state index is 14.3. The van der Waals surface area contributed by atoms with Crippen LogP contribution in [0.2, 0.25) is 0 Å². The first-order valence-electron chi connectivity index (χ1n) is 6.52. The lowest BCUT2D eigenvalue weighted by atomic mass is 9.89. The number of piperazine rings is 1. The Morgan fingerprint density at radius 1 is 1.00 bits per heavy atom. The Morgan fingerprint density at radius 3 is 2.10 bits per heavy atom. The molecule has 0 radical (unpaired) electrons. The second-order valence-electron chi connectivity index (χ2n) is 4.91. The number of hydrogen-bond donors (Lipinski definition) is 3. The summed E-state index contributed by atoms with van der Waals surface area (Å²) in [5, 5.41) is 22.6. The fourth-order valence-corrected chi connectivity index (χ4v) is 2.65. The van der Waals surface area contributed by atoms with Crippen molar-refractivity contribution >= 4 is 11.6 Å². The fourth-order valence-electron chi connectivity index (χ4n) is 2.65. The number of rotatable bonds is 1. The number of carbonyl (C=O) groups excluding carboxylic acids is 2. The monoisotopic (exact) mass is 292 g/mol. The number of phenols is 2. The molecule has 1 aliphatic heterocycles. The van der Waals surface area contributed by atoms with Gasteiger partial charge in [0, 0.05) is 26.2 Å². The average Bonchev–Trinajstić information content (AvgIpc) is 2.48. The lowest BCUT2D eigenvalue weighted by Crippen LogP contribution is -2.45. The highest BCUT2D eigenvalue weighted by atomic mass is 19.1. The van der Waals surface area contributed by atoms with Crippen molar-refractivity contribution in [2.45, 2.75) is 0 Å². The van der Waals surface area contributed by atoms with E-state index < -0.39 is 34.5 Å². The van der Waals surface area contributed by atoms with Gasteiger partial charge in [0.15, 0.2) is 5.83 Å². The first kappa shape index (κ1) is 13.6. The number of Topliss-reactive ketones (excluding diaryl/α,β-unsaturated/α-hetero) is 2. The van der Waals surface area contributed by atoms with Crippen LogP contribution in [-0.2, 0) is 0 Å². The molecule has 0 atom stereocenters. The van der Waals surface area contributed by atoms with Gasteiger partial charge >= 0.3 is 0 Å². The summed E-state index contributed by atoms with van der Waals surface area (Å²) in [6, 6.07) is 2.17. The molecule has 1 saturated heterocycles. The van der Waals surface area contributed by atoms with Gasteiger partial charge in [0.25, 0.3) is 0 Å². The van der Waals surface area contributed by atoms with E-state index in [4.69, 9.17) is 0 Å². The minimum Gasteiger partial charge on any atom is -0.507 e. The smallest absolute Gasteiger partial charge is 0.228 e. The molecule has 0 amide bonds. The van der Waals surface area contributed by atoms with Crippen LogP contribution in [0.4, 0.5) is 4.39 Å². The molecular formula is C14H13FN2O4. The maximum Gasteiger partial charge on any atom is 0.228 e. The quantitative estimate of drug-likeness (QED) is 0.655. The van der Waals surface area contributed by atoms with E-state index in [1.165, 1.54) is 4.90 Å². The van der Waals surface area contributed by atoms with Gasteiger partial charge in [-0.1, -0.05) is 0 Å². The lowest BCUT2D eigenvalue weighted by Gasteiger charge is -2.32. The van der Waals surface area contributed by atoms with Crippen LogP contribution >= 0.6 is 0 Å². The van der Waals surface area contributed by atoms with Crippen LogP contribution in [0.5, 0.6) is 11.5 Å². The molecule has 1 fully saturated rings. The first-order valence-corrected chi connectivity index (χ1v) is 6.52. The second kappa shape index (κ2) is 4.85. The van der Waals surface area contributed by atoms with Crippen LogP contribution in [0.15, 0.2) is 23.7 Å². The van der Waals surface area contributed by atoms with Gasteiger partial charge in [-0.2, -0.15) is 0 Å². The van der Waals surface area contributed by atoms with Gasteiger partial charge in [-0.05, 0) is 12.1 Å². The zero-order valence-corrected chi connectivity index (χ0v) is 11.0. The van der Waals surface area contributed by atoms with Crippen LogP contribution < -0.4 is 5.32 Å². The normalized spacial score (nSPS) is 19.0. The molecule has 1 heterocycles. The molecule has 0 aromatic heterocycles. The number of ketones is 2. The lowest BCUT2D eigenvalue weighted by molar-refractivity contribution is 0.0909. The van der Waals surface area contributed by atoms with Gasteiger partial charge in [-0.3, -0.25) is 9.59 Å². The van der Waals surface area contributed by atoms with Gasteiger partial charge in [0.1, 0.15) is 17.2 Å². The minimum atomic E-state index is -1.18. The molecule has 2 aliphatic rings. The summed E-state index contributed by atoms with van der Waals surface area (Å²) in [4.78, 5) is 26.0. The zero-order chi connectivity index (χ0) is 15.1. The van der Waals surface area contributed by atoms with Gasteiger partial charge < -0.3 is 20.4 Å². The molecular weight excluding hydrogens is 279 g/mol. The predicted molar refractivity (Wildman–Crippen MR) is 71.0 cm³/mol. The number of halogens is 1. The van der Waals surface area contributed by atoms with Crippen molar-refractivity contribution in [3.8, 4) is 11.5 Å². The summed E-state index contributed by atoms with van der Waals surface area (Å²) in [5.41, 5.74) is -1.15. The molecule has 0 saturated carbocycles. The number of fused-ring (bicyclic) bond motifs is 1. The SMILES string of the molecule is O=C1C(F)=C(N2CCNCC2)C(=O)c2c(O)ccc(O)c21. The molecule has 0 spiro atoms. The Hall–Kier alpha value is -2.41. The van der Waals surface area contributed by atoms with Crippen molar-refractivity contribution in [1.82, 2.24) is 10.2 Å². The van der Waals surface area contributed by atoms with Gasteiger partial charge in [-0.25, -0.2) is 4.39 Å².